The van der Waals surface area contributed by atoms with Crippen LogP contribution in [0.2, 0.25) is 0 Å². The summed E-state index contributed by atoms with van der Waals surface area (Å²) < 4.78 is 0. The number of piperazine rings is 1. The second-order valence-electron chi connectivity index (χ2n) is 4.58. The Hall–Kier alpha value is -1.91. The van der Waals surface area contributed by atoms with Crippen LogP contribution in [0.15, 0.2) is 49.1 Å². The fourth-order valence-electron chi connectivity index (χ4n) is 2.03. The lowest BCUT2D eigenvalue weighted by molar-refractivity contribution is -0.170. The minimum Gasteiger partial charge on any atom is -0.336 e. The molecule has 1 aliphatic rings. The summed E-state index contributed by atoms with van der Waals surface area (Å²) >= 11 is 0. The maximum atomic E-state index is 12.1. The molecule has 0 spiro atoms. The van der Waals surface area contributed by atoms with E-state index in [0.717, 1.165) is 18.7 Å². The van der Waals surface area contributed by atoms with Gasteiger partial charge in [-0.25, -0.2) is 0 Å². The van der Waals surface area contributed by atoms with Gasteiger partial charge in [0.05, 0.1) is 6.61 Å². The number of hydrogen-bond acceptors (Lipinski definition) is 3. The molecule has 2 rings (SSSR count). The topological polar surface area (TPSA) is 32.8 Å². The van der Waals surface area contributed by atoms with Crippen molar-refractivity contribution in [2.75, 3.05) is 32.8 Å². The monoisotopic (exact) mass is 272 g/mol. The number of carbonyl (C=O) groups excluding carboxylic acids is 1. The summed E-state index contributed by atoms with van der Waals surface area (Å²) in [7, 11) is 0. The van der Waals surface area contributed by atoms with Gasteiger partial charge in [0.2, 0.25) is 5.91 Å². The minimum atomic E-state index is 0.0530. The van der Waals surface area contributed by atoms with Crippen LogP contribution in [-0.2, 0) is 9.63 Å². The van der Waals surface area contributed by atoms with Gasteiger partial charge in [0, 0.05) is 32.3 Å². The standard InChI is InChI=1S/C16H20N2O2/c1-2-14-20-18-12-10-17(11-13-18)16(19)9-8-15-6-4-3-5-7-15/h2-9H,1,10-14H2. The van der Waals surface area contributed by atoms with Crippen LogP contribution in [0.3, 0.4) is 0 Å². The molecule has 0 atom stereocenters. The second kappa shape index (κ2) is 7.62. The lowest BCUT2D eigenvalue weighted by Gasteiger charge is -2.33. The first kappa shape index (κ1) is 14.5. The average Bonchev–Trinajstić information content (AvgIpc) is 2.52. The van der Waals surface area contributed by atoms with Crippen molar-refractivity contribution >= 4 is 12.0 Å². The van der Waals surface area contributed by atoms with Crippen LogP contribution in [0.4, 0.5) is 0 Å². The lowest BCUT2D eigenvalue weighted by Crippen LogP contribution is -2.48. The molecule has 1 fully saturated rings. The van der Waals surface area contributed by atoms with Crippen LogP contribution in [0, 0.1) is 0 Å². The largest absolute Gasteiger partial charge is 0.336 e. The summed E-state index contributed by atoms with van der Waals surface area (Å²) in [4.78, 5) is 19.3. The van der Waals surface area contributed by atoms with Crippen molar-refractivity contribution in [2.45, 2.75) is 0 Å². The van der Waals surface area contributed by atoms with Gasteiger partial charge in [0.15, 0.2) is 0 Å². The third-order valence-corrected chi connectivity index (χ3v) is 3.14. The third-order valence-electron chi connectivity index (χ3n) is 3.14. The van der Waals surface area contributed by atoms with E-state index in [2.05, 4.69) is 6.58 Å². The summed E-state index contributed by atoms with van der Waals surface area (Å²) in [5.41, 5.74) is 1.04. The Morgan fingerprint density at radius 1 is 1.20 bits per heavy atom. The zero-order valence-electron chi connectivity index (χ0n) is 11.6. The van der Waals surface area contributed by atoms with Gasteiger partial charge in [-0.1, -0.05) is 36.4 Å². The molecule has 0 bridgehead atoms. The molecule has 0 saturated carbocycles. The molecule has 20 heavy (non-hydrogen) atoms. The Labute approximate surface area is 119 Å². The van der Waals surface area contributed by atoms with E-state index in [1.165, 1.54) is 0 Å². The summed E-state index contributed by atoms with van der Waals surface area (Å²) in [5.74, 6) is 0.0530. The molecule has 0 unspecified atom stereocenters. The molecular formula is C16H20N2O2. The smallest absolute Gasteiger partial charge is 0.246 e. The fraction of sp³-hybridized carbons (Fsp3) is 0.312. The molecular weight excluding hydrogens is 252 g/mol. The molecule has 106 valence electrons. The van der Waals surface area contributed by atoms with Gasteiger partial charge in [0.25, 0.3) is 0 Å². The molecule has 1 heterocycles. The Bertz CT molecular complexity index is 463. The van der Waals surface area contributed by atoms with Gasteiger partial charge < -0.3 is 4.90 Å². The predicted octanol–water partition coefficient (Wildman–Crippen LogP) is 1.96. The molecule has 0 aliphatic carbocycles. The fourth-order valence-corrected chi connectivity index (χ4v) is 2.03. The Kier molecular flexibility index (Phi) is 5.53. The highest BCUT2D eigenvalue weighted by Crippen LogP contribution is 2.06. The van der Waals surface area contributed by atoms with E-state index in [9.17, 15) is 4.79 Å². The molecule has 1 aromatic carbocycles. The summed E-state index contributed by atoms with van der Waals surface area (Å²) in [6, 6.07) is 9.83. The zero-order valence-corrected chi connectivity index (χ0v) is 11.6. The molecule has 4 heteroatoms. The summed E-state index contributed by atoms with van der Waals surface area (Å²) in [6.45, 7) is 6.98. The highest BCUT2D eigenvalue weighted by Gasteiger charge is 2.19. The highest BCUT2D eigenvalue weighted by atomic mass is 16.7. The minimum absolute atomic E-state index is 0.0530. The molecule has 4 nitrogen and oxygen atoms in total. The van der Waals surface area contributed by atoms with Crippen molar-refractivity contribution in [1.29, 1.82) is 0 Å². The van der Waals surface area contributed by atoms with Gasteiger partial charge in [0.1, 0.15) is 0 Å². The molecule has 0 N–H and O–H groups in total. The van der Waals surface area contributed by atoms with Gasteiger partial charge in [-0.3, -0.25) is 9.63 Å². The number of hydroxylamine groups is 2. The van der Waals surface area contributed by atoms with Gasteiger partial charge >= 0.3 is 0 Å². The Balaban J connectivity index is 1.80. The van der Waals surface area contributed by atoms with Crippen LogP contribution in [0.1, 0.15) is 5.56 Å². The quantitative estimate of drug-likeness (QED) is 0.607. The number of nitrogens with zero attached hydrogens (tertiary/aromatic N) is 2. The second-order valence-corrected chi connectivity index (χ2v) is 4.58. The molecule has 1 aromatic rings. The third kappa shape index (κ3) is 4.33. The van der Waals surface area contributed by atoms with E-state index in [0.29, 0.717) is 19.7 Å². The number of benzene rings is 1. The molecule has 1 aliphatic heterocycles. The number of hydrogen-bond donors (Lipinski definition) is 0. The van der Waals surface area contributed by atoms with E-state index < -0.39 is 0 Å². The number of amides is 1. The number of carbonyl (C=O) groups is 1. The van der Waals surface area contributed by atoms with Crippen LogP contribution >= 0.6 is 0 Å². The maximum Gasteiger partial charge on any atom is 0.246 e. The Morgan fingerprint density at radius 2 is 1.90 bits per heavy atom. The van der Waals surface area contributed by atoms with Crippen molar-refractivity contribution in [3.63, 3.8) is 0 Å². The zero-order chi connectivity index (χ0) is 14.2. The predicted molar refractivity (Wildman–Crippen MR) is 79.8 cm³/mol. The molecule has 1 saturated heterocycles. The van der Waals surface area contributed by atoms with Gasteiger partial charge in [-0.2, -0.15) is 5.06 Å². The van der Waals surface area contributed by atoms with Crippen molar-refractivity contribution in [2.24, 2.45) is 0 Å². The molecule has 0 radical (unpaired) electrons. The Morgan fingerprint density at radius 3 is 2.55 bits per heavy atom. The van der Waals surface area contributed by atoms with E-state index in [1.807, 2.05) is 46.4 Å². The van der Waals surface area contributed by atoms with Gasteiger partial charge in [-0.05, 0) is 11.6 Å². The van der Waals surface area contributed by atoms with Crippen LogP contribution in [0.5, 0.6) is 0 Å². The van der Waals surface area contributed by atoms with Crippen LogP contribution in [-0.4, -0.2) is 48.7 Å². The van der Waals surface area contributed by atoms with E-state index in [1.54, 1.807) is 12.2 Å². The number of rotatable bonds is 5. The molecule has 1 amide bonds. The van der Waals surface area contributed by atoms with Crippen LogP contribution in [0.25, 0.3) is 6.08 Å². The van der Waals surface area contributed by atoms with E-state index in [4.69, 9.17) is 4.84 Å². The first-order valence-corrected chi connectivity index (χ1v) is 6.80. The maximum absolute atomic E-state index is 12.1. The lowest BCUT2D eigenvalue weighted by atomic mass is 10.2. The van der Waals surface area contributed by atoms with Crippen LogP contribution < -0.4 is 0 Å². The first-order chi connectivity index (χ1) is 9.79. The normalized spacial score (nSPS) is 16.5. The molecule has 0 aromatic heterocycles. The van der Waals surface area contributed by atoms with E-state index in [-0.39, 0.29) is 5.91 Å². The van der Waals surface area contributed by atoms with Crippen molar-refractivity contribution in [1.82, 2.24) is 9.96 Å². The first-order valence-electron chi connectivity index (χ1n) is 6.80. The van der Waals surface area contributed by atoms with Gasteiger partial charge in [-0.15, -0.1) is 6.58 Å². The highest BCUT2D eigenvalue weighted by molar-refractivity contribution is 5.91. The van der Waals surface area contributed by atoms with Crippen molar-refractivity contribution in [3.8, 4) is 0 Å². The summed E-state index contributed by atoms with van der Waals surface area (Å²) in [6.07, 6.45) is 5.21. The van der Waals surface area contributed by atoms with Crippen molar-refractivity contribution in [3.05, 3.63) is 54.6 Å². The average molecular weight is 272 g/mol. The van der Waals surface area contributed by atoms with Crippen molar-refractivity contribution < 1.29 is 9.63 Å². The van der Waals surface area contributed by atoms with E-state index >= 15 is 0 Å². The SMILES string of the molecule is C=CCON1CCN(C(=O)C=Cc2ccccc2)CC1. The summed E-state index contributed by atoms with van der Waals surface area (Å²) in [5, 5.41) is 1.88.